The van der Waals surface area contributed by atoms with Crippen molar-refractivity contribution in [3.8, 4) is 5.75 Å². The van der Waals surface area contributed by atoms with E-state index in [-0.39, 0.29) is 49.8 Å². The summed E-state index contributed by atoms with van der Waals surface area (Å²) in [4.78, 5) is 19.7. The number of halogens is 4. The second-order valence-corrected chi connectivity index (χ2v) is 11.2. The SMILES string of the molecule is C.Cc1cc(N2CCN(c3ccc(C(=O)O)cc3)CC2)ccc1OC[C@@H]1CO[C@@](Cn2cncn2)(c2ccc(F)cc2F)C1.II.[Li+].[OH-]. The van der Waals surface area contributed by atoms with Crippen molar-refractivity contribution in [1.29, 1.82) is 0 Å². The molecular formula is C33H38F2I2LiN5O5. The van der Waals surface area contributed by atoms with Crippen LogP contribution in [0.1, 0.15) is 35.3 Å². The first-order valence-electron chi connectivity index (χ1n) is 14.4. The molecular weight excluding hydrogens is 845 g/mol. The van der Waals surface area contributed by atoms with Crippen molar-refractivity contribution in [1.82, 2.24) is 14.8 Å². The van der Waals surface area contributed by atoms with Crippen molar-refractivity contribution in [2.24, 2.45) is 5.92 Å². The van der Waals surface area contributed by atoms with Gasteiger partial charge in [0.2, 0.25) is 0 Å². The number of carboxylic acid groups (broad SMARTS) is 1. The minimum atomic E-state index is -1.02. The Labute approximate surface area is 315 Å². The quantitative estimate of drug-likeness (QED) is 0.196. The van der Waals surface area contributed by atoms with Crippen LogP contribution >= 0.6 is 37.2 Å². The number of carboxylic acids is 1. The number of anilines is 2. The van der Waals surface area contributed by atoms with Crippen molar-refractivity contribution < 1.29 is 52.5 Å². The molecule has 3 aromatic carbocycles. The van der Waals surface area contributed by atoms with Crippen LogP contribution in [0, 0.1) is 24.5 Å². The molecule has 254 valence electrons. The number of carbonyl (C=O) groups is 1. The van der Waals surface area contributed by atoms with Gasteiger partial charge in [-0.2, -0.15) is 5.10 Å². The Hall–Kier alpha value is -2.49. The van der Waals surface area contributed by atoms with E-state index in [2.05, 4.69) is 69.2 Å². The van der Waals surface area contributed by atoms with Crippen molar-refractivity contribution in [2.75, 3.05) is 49.2 Å². The Balaban J connectivity index is 0.00000157. The number of rotatable bonds is 9. The zero-order valence-corrected chi connectivity index (χ0v) is 30.3. The minimum Gasteiger partial charge on any atom is -0.870 e. The number of benzene rings is 3. The first kappa shape index (κ1) is 41.7. The molecule has 2 saturated heterocycles. The van der Waals surface area contributed by atoms with Crippen LogP contribution < -0.4 is 33.4 Å². The van der Waals surface area contributed by atoms with E-state index >= 15 is 0 Å². The molecule has 2 atom stereocenters. The smallest absolute Gasteiger partial charge is 0.870 e. The number of ether oxygens (including phenoxy) is 2. The summed E-state index contributed by atoms with van der Waals surface area (Å²) in [6.07, 6.45) is 3.45. The van der Waals surface area contributed by atoms with Gasteiger partial charge in [-0.05, 0) is 67.4 Å². The molecule has 0 saturated carbocycles. The normalized spacial score (nSPS) is 18.4. The summed E-state index contributed by atoms with van der Waals surface area (Å²) in [7, 11) is 0. The molecule has 2 aliphatic heterocycles. The number of aromatic carboxylic acids is 1. The molecule has 3 heterocycles. The molecule has 2 aliphatic rings. The Morgan fingerprint density at radius 1 is 1.02 bits per heavy atom. The van der Waals surface area contributed by atoms with Crippen LogP contribution in [0.25, 0.3) is 0 Å². The molecule has 6 rings (SSSR count). The Morgan fingerprint density at radius 2 is 1.67 bits per heavy atom. The van der Waals surface area contributed by atoms with E-state index in [1.54, 1.807) is 23.1 Å². The molecule has 4 aromatic rings. The number of piperazine rings is 1. The summed E-state index contributed by atoms with van der Waals surface area (Å²) >= 11 is 4.24. The average Bonchev–Trinajstić information content (AvgIpc) is 3.72. The summed E-state index contributed by atoms with van der Waals surface area (Å²) < 4.78 is 42.7. The molecule has 0 bridgehead atoms. The van der Waals surface area contributed by atoms with Crippen molar-refractivity contribution in [2.45, 2.75) is 32.9 Å². The second-order valence-electron chi connectivity index (χ2n) is 11.2. The average molecular weight is 883 g/mol. The fraction of sp³-hybridized carbons (Fsp3) is 0.364. The van der Waals surface area contributed by atoms with Crippen LogP contribution in [-0.2, 0) is 16.9 Å². The number of aromatic nitrogens is 3. The first-order chi connectivity index (χ1) is 21.8. The summed E-state index contributed by atoms with van der Waals surface area (Å²) in [6.45, 7) is 6.37. The molecule has 48 heavy (non-hydrogen) atoms. The molecule has 0 aliphatic carbocycles. The molecule has 2 N–H and O–H groups in total. The third kappa shape index (κ3) is 9.81. The van der Waals surface area contributed by atoms with Crippen LogP contribution in [0.4, 0.5) is 20.2 Å². The van der Waals surface area contributed by atoms with E-state index in [4.69, 9.17) is 14.6 Å². The predicted octanol–water partition coefficient (Wildman–Crippen LogP) is 4.14. The number of hydrogen-bond acceptors (Lipinski definition) is 8. The molecule has 1 aromatic heterocycles. The summed E-state index contributed by atoms with van der Waals surface area (Å²) in [5, 5.41) is 13.3. The van der Waals surface area contributed by atoms with Gasteiger partial charge in [0, 0.05) is 92.3 Å². The van der Waals surface area contributed by atoms with Gasteiger partial charge < -0.3 is 29.9 Å². The van der Waals surface area contributed by atoms with Crippen molar-refractivity contribution in [3.63, 3.8) is 0 Å². The van der Waals surface area contributed by atoms with Crippen LogP contribution in [0.3, 0.4) is 0 Å². The Kier molecular flexibility index (Phi) is 16.5. The zero-order valence-electron chi connectivity index (χ0n) is 26.0. The van der Waals surface area contributed by atoms with E-state index in [1.807, 2.05) is 25.1 Å². The largest absolute Gasteiger partial charge is 1.00 e. The van der Waals surface area contributed by atoms with E-state index in [0.717, 1.165) is 54.9 Å². The van der Waals surface area contributed by atoms with Gasteiger partial charge >= 0.3 is 24.8 Å². The molecule has 15 heteroatoms. The van der Waals surface area contributed by atoms with Gasteiger partial charge in [-0.25, -0.2) is 23.2 Å². The van der Waals surface area contributed by atoms with Crippen LogP contribution in [0.15, 0.2) is 73.3 Å². The molecule has 0 amide bonds. The maximum absolute atomic E-state index is 14.9. The van der Waals surface area contributed by atoms with Crippen molar-refractivity contribution in [3.05, 3.63) is 102 Å². The van der Waals surface area contributed by atoms with Gasteiger partial charge in [0.05, 0.1) is 25.3 Å². The molecule has 0 radical (unpaired) electrons. The maximum Gasteiger partial charge on any atom is 1.00 e. The van der Waals surface area contributed by atoms with E-state index in [0.29, 0.717) is 25.2 Å². The van der Waals surface area contributed by atoms with Gasteiger partial charge in [-0.1, -0.05) is 13.5 Å². The second kappa shape index (κ2) is 19.0. The van der Waals surface area contributed by atoms with Gasteiger partial charge in [0.25, 0.3) is 0 Å². The van der Waals surface area contributed by atoms with Gasteiger partial charge in [-0.15, -0.1) is 0 Å². The maximum atomic E-state index is 14.9. The van der Waals surface area contributed by atoms with E-state index in [9.17, 15) is 13.6 Å². The predicted molar refractivity (Wildman–Crippen MR) is 193 cm³/mol. The van der Waals surface area contributed by atoms with Crippen LogP contribution in [0.2, 0.25) is 0 Å². The fourth-order valence-electron chi connectivity index (χ4n) is 6.02. The zero-order chi connectivity index (χ0) is 32.0. The molecule has 0 unspecified atom stereocenters. The van der Waals surface area contributed by atoms with Gasteiger partial charge in [-0.3, -0.25) is 0 Å². The topological polar surface area (TPSA) is 123 Å². The van der Waals surface area contributed by atoms with E-state index < -0.39 is 23.2 Å². The van der Waals surface area contributed by atoms with Gasteiger partial charge in [0.1, 0.15) is 35.6 Å². The molecule has 10 nitrogen and oxygen atoms in total. The van der Waals surface area contributed by atoms with Crippen molar-refractivity contribution >= 4 is 54.6 Å². The minimum absolute atomic E-state index is 0. The molecule has 0 spiro atoms. The number of aryl methyl sites for hydroxylation is 1. The third-order valence-electron chi connectivity index (χ3n) is 8.28. The Bertz CT molecular complexity index is 1600. The van der Waals surface area contributed by atoms with Crippen LogP contribution in [-0.4, -0.2) is 70.7 Å². The van der Waals surface area contributed by atoms with Crippen LogP contribution in [0.5, 0.6) is 5.75 Å². The van der Waals surface area contributed by atoms with E-state index in [1.165, 1.54) is 18.5 Å². The summed E-state index contributed by atoms with van der Waals surface area (Å²) in [5.74, 6) is -1.44. The third-order valence-corrected chi connectivity index (χ3v) is 8.28. The number of hydrogen-bond donors (Lipinski definition) is 1. The first-order valence-corrected chi connectivity index (χ1v) is 20.7. The monoisotopic (exact) mass is 883 g/mol. The summed E-state index contributed by atoms with van der Waals surface area (Å²) in [6, 6.07) is 16.8. The summed E-state index contributed by atoms with van der Waals surface area (Å²) in [5.41, 5.74) is 2.72. The fourth-order valence-corrected chi connectivity index (χ4v) is 6.02. The standard InChI is InChI=1S/C32H33F2N5O4.CH4.I2.Li.H2O/c1-22-14-27(38-12-10-37(11-13-38)26-5-2-24(3-6-26)31(40)41)7-9-30(22)42-17-23-16-32(43-18-23,19-39-21-35-20-36-39)28-8-4-25(33)15-29(28)34;;1-2;;/h2-9,14-15,20-21,23H,10-13,16-19H2,1H3,(H,40,41);1H4;;;1H2/q;;;+1;/p-1/t23-,32+;;;;/m1..../s1. The number of nitrogens with zero attached hydrogens (tertiary/aromatic N) is 5. The molecule has 2 fully saturated rings. The Morgan fingerprint density at radius 3 is 2.25 bits per heavy atom. The van der Waals surface area contributed by atoms with Gasteiger partial charge in [0.15, 0.2) is 0 Å².